The van der Waals surface area contributed by atoms with Crippen molar-refractivity contribution < 1.29 is 14.3 Å². The molecule has 1 aromatic rings. The average Bonchev–Trinajstić information content (AvgIpc) is 2.66. The van der Waals surface area contributed by atoms with Gasteiger partial charge in [0.2, 0.25) is 0 Å². The van der Waals surface area contributed by atoms with Gasteiger partial charge in [0.25, 0.3) is 0 Å². The minimum absolute atomic E-state index is 0. The topological polar surface area (TPSA) is 88.1 Å². The zero-order valence-corrected chi connectivity index (χ0v) is 21.3. The number of guanidine groups is 1. The molecular weight excluding hydrogens is 497 g/mol. The lowest BCUT2D eigenvalue weighted by atomic mass is 10.2. The molecule has 1 aromatic heterocycles. The van der Waals surface area contributed by atoms with Crippen molar-refractivity contribution in [3.8, 4) is 0 Å². The Labute approximate surface area is 198 Å². The Morgan fingerprint density at radius 1 is 1.27 bits per heavy atom. The van der Waals surface area contributed by atoms with E-state index >= 15 is 0 Å². The average molecular weight is 535 g/mol. The molecule has 1 amide bonds. The Balaban J connectivity index is 0.00000841. The number of halogens is 1. The quantitative estimate of drug-likeness (QED) is 0.196. The van der Waals surface area contributed by atoms with E-state index in [1.54, 1.807) is 17.3 Å². The summed E-state index contributed by atoms with van der Waals surface area (Å²) in [6.45, 7) is 14.0. The Morgan fingerprint density at radius 2 is 2.03 bits per heavy atom. The van der Waals surface area contributed by atoms with Gasteiger partial charge in [-0.2, -0.15) is 0 Å². The zero-order chi connectivity index (χ0) is 21.5. The van der Waals surface area contributed by atoms with E-state index in [1.165, 1.54) is 0 Å². The van der Waals surface area contributed by atoms with Gasteiger partial charge in [-0.05, 0) is 52.7 Å². The molecule has 0 radical (unpaired) electrons. The standard InChI is InChI=1S/C21H37N5O3.HI/c1-6-23-19(25-13-15-28-7-2)24-12-9-14-26(20(27)29-21(3,4)5)17-18-10-8-11-22-16-18;/h8,10-11,16H,6-7,9,12-15,17H2,1-5H3,(H2,23,24,25);1H. The van der Waals surface area contributed by atoms with Crippen molar-refractivity contribution in [3.63, 3.8) is 0 Å². The van der Waals surface area contributed by atoms with Gasteiger partial charge in [-0.15, -0.1) is 24.0 Å². The van der Waals surface area contributed by atoms with E-state index in [0.717, 1.165) is 24.5 Å². The number of hydrogen-bond donors (Lipinski definition) is 2. The highest BCUT2D eigenvalue weighted by molar-refractivity contribution is 14.0. The molecule has 0 aromatic carbocycles. The van der Waals surface area contributed by atoms with Crippen LogP contribution in [0.2, 0.25) is 0 Å². The normalized spacial score (nSPS) is 11.4. The highest BCUT2D eigenvalue weighted by Crippen LogP contribution is 2.13. The van der Waals surface area contributed by atoms with Crippen LogP contribution in [0, 0.1) is 0 Å². The summed E-state index contributed by atoms with van der Waals surface area (Å²) in [6.07, 6.45) is 3.88. The number of hydrogen-bond acceptors (Lipinski definition) is 5. The summed E-state index contributed by atoms with van der Waals surface area (Å²) in [7, 11) is 0. The Morgan fingerprint density at radius 3 is 2.63 bits per heavy atom. The van der Waals surface area contributed by atoms with E-state index in [9.17, 15) is 4.79 Å². The van der Waals surface area contributed by atoms with Crippen LogP contribution in [0.3, 0.4) is 0 Å². The van der Waals surface area contributed by atoms with Gasteiger partial charge in [0.05, 0.1) is 13.2 Å². The van der Waals surface area contributed by atoms with Crippen molar-refractivity contribution in [1.29, 1.82) is 0 Å². The molecule has 30 heavy (non-hydrogen) atoms. The van der Waals surface area contributed by atoms with Gasteiger partial charge in [0.15, 0.2) is 5.96 Å². The highest BCUT2D eigenvalue weighted by Gasteiger charge is 2.22. The van der Waals surface area contributed by atoms with Gasteiger partial charge in [-0.3, -0.25) is 9.98 Å². The van der Waals surface area contributed by atoms with Crippen LogP contribution in [0.5, 0.6) is 0 Å². The van der Waals surface area contributed by atoms with E-state index in [1.807, 2.05) is 46.8 Å². The molecule has 0 aliphatic heterocycles. The third-order valence-electron chi connectivity index (χ3n) is 3.69. The third kappa shape index (κ3) is 13.6. The molecule has 0 aliphatic carbocycles. The smallest absolute Gasteiger partial charge is 0.410 e. The molecular formula is C21H38IN5O3. The van der Waals surface area contributed by atoms with Crippen LogP contribution in [0.4, 0.5) is 4.79 Å². The number of aromatic nitrogens is 1. The number of ether oxygens (including phenoxy) is 2. The number of pyridine rings is 1. The van der Waals surface area contributed by atoms with Crippen molar-refractivity contribution in [2.24, 2.45) is 4.99 Å². The number of nitrogens with one attached hydrogen (secondary N) is 2. The van der Waals surface area contributed by atoms with Crippen LogP contribution in [-0.2, 0) is 16.0 Å². The number of carbonyl (C=O) groups excluding carboxylic acids is 1. The second kappa shape index (κ2) is 16.1. The van der Waals surface area contributed by atoms with Crippen LogP contribution < -0.4 is 10.6 Å². The molecule has 0 atom stereocenters. The van der Waals surface area contributed by atoms with Crippen molar-refractivity contribution in [2.45, 2.75) is 53.2 Å². The maximum absolute atomic E-state index is 12.6. The Kier molecular flexibility index (Phi) is 15.2. The fraction of sp³-hybridized carbons (Fsp3) is 0.667. The molecule has 0 saturated carbocycles. The summed E-state index contributed by atoms with van der Waals surface area (Å²) in [6, 6.07) is 3.82. The van der Waals surface area contributed by atoms with Crippen molar-refractivity contribution in [3.05, 3.63) is 30.1 Å². The highest BCUT2D eigenvalue weighted by atomic mass is 127. The van der Waals surface area contributed by atoms with Crippen molar-refractivity contribution >= 4 is 36.0 Å². The second-order valence-corrected chi connectivity index (χ2v) is 7.50. The maximum atomic E-state index is 12.6. The van der Waals surface area contributed by atoms with Gasteiger partial charge >= 0.3 is 6.09 Å². The van der Waals surface area contributed by atoms with E-state index < -0.39 is 5.60 Å². The van der Waals surface area contributed by atoms with Crippen LogP contribution >= 0.6 is 24.0 Å². The first-order valence-corrected chi connectivity index (χ1v) is 10.3. The molecule has 0 aliphatic rings. The first-order chi connectivity index (χ1) is 13.9. The molecule has 0 unspecified atom stereocenters. The van der Waals surface area contributed by atoms with Gasteiger partial charge in [-0.1, -0.05) is 6.07 Å². The van der Waals surface area contributed by atoms with Gasteiger partial charge in [-0.25, -0.2) is 4.79 Å². The first-order valence-electron chi connectivity index (χ1n) is 10.3. The van der Waals surface area contributed by atoms with Gasteiger partial charge < -0.3 is 25.0 Å². The predicted octanol–water partition coefficient (Wildman–Crippen LogP) is 3.42. The zero-order valence-electron chi connectivity index (χ0n) is 18.9. The molecule has 0 spiro atoms. The summed E-state index contributed by atoms with van der Waals surface area (Å²) in [4.78, 5) is 23.0. The lowest BCUT2D eigenvalue weighted by molar-refractivity contribution is 0.0232. The minimum atomic E-state index is -0.537. The fourth-order valence-corrected chi connectivity index (χ4v) is 2.45. The van der Waals surface area contributed by atoms with Crippen molar-refractivity contribution in [1.82, 2.24) is 20.5 Å². The number of nitrogens with zero attached hydrogens (tertiary/aromatic N) is 3. The number of amides is 1. The summed E-state index contributed by atoms with van der Waals surface area (Å²) in [5, 5.41) is 6.45. The van der Waals surface area contributed by atoms with E-state index in [-0.39, 0.29) is 30.1 Å². The maximum Gasteiger partial charge on any atom is 0.410 e. The SMILES string of the molecule is CCNC(=NCCCN(Cc1cccnc1)C(=O)OC(C)(C)C)NCCOCC.I. The van der Waals surface area contributed by atoms with Gasteiger partial charge in [0.1, 0.15) is 5.60 Å². The molecule has 8 nitrogen and oxygen atoms in total. The van der Waals surface area contributed by atoms with Crippen molar-refractivity contribution in [2.75, 3.05) is 39.4 Å². The molecule has 172 valence electrons. The first kappa shape index (κ1) is 28.4. The van der Waals surface area contributed by atoms with Crippen LogP contribution in [0.15, 0.2) is 29.5 Å². The molecule has 1 rings (SSSR count). The van der Waals surface area contributed by atoms with Gasteiger partial charge in [0, 0.05) is 45.2 Å². The van der Waals surface area contributed by atoms with Crippen LogP contribution in [-0.4, -0.2) is 66.9 Å². The summed E-state index contributed by atoms with van der Waals surface area (Å²) in [5.74, 6) is 0.753. The molecule has 2 N–H and O–H groups in total. The van der Waals surface area contributed by atoms with Crippen LogP contribution in [0.1, 0.15) is 46.6 Å². The monoisotopic (exact) mass is 535 g/mol. The van der Waals surface area contributed by atoms with E-state index in [4.69, 9.17) is 9.47 Å². The third-order valence-corrected chi connectivity index (χ3v) is 3.69. The number of rotatable bonds is 11. The predicted molar refractivity (Wildman–Crippen MR) is 131 cm³/mol. The van der Waals surface area contributed by atoms with E-state index in [0.29, 0.717) is 39.4 Å². The Bertz CT molecular complexity index is 608. The fourth-order valence-electron chi connectivity index (χ4n) is 2.45. The second-order valence-electron chi connectivity index (χ2n) is 7.50. The molecule has 0 bridgehead atoms. The number of carbonyl (C=O) groups is 1. The van der Waals surface area contributed by atoms with Crippen LogP contribution in [0.25, 0.3) is 0 Å². The number of aliphatic imine (C=N–C) groups is 1. The summed E-state index contributed by atoms with van der Waals surface area (Å²) in [5.41, 5.74) is 0.429. The molecule has 0 fully saturated rings. The summed E-state index contributed by atoms with van der Waals surface area (Å²) < 4.78 is 10.9. The van der Waals surface area contributed by atoms with E-state index in [2.05, 4.69) is 20.6 Å². The lowest BCUT2D eigenvalue weighted by Crippen LogP contribution is -2.39. The largest absolute Gasteiger partial charge is 0.444 e. The molecule has 1 heterocycles. The lowest BCUT2D eigenvalue weighted by Gasteiger charge is -2.27. The Hall–Kier alpha value is -1.62. The summed E-state index contributed by atoms with van der Waals surface area (Å²) >= 11 is 0. The molecule has 0 saturated heterocycles. The molecule has 9 heteroatoms. The minimum Gasteiger partial charge on any atom is -0.444 e.